The van der Waals surface area contributed by atoms with Crippen LogP contribution in [0.2, 0.25) is 0 Å². The van der Waals surface area contributed by atoms with E-state index in [-0.39, 0.29) is 18.2 Å². The standard InChI is InChI=1S/C8H8N6O3S/c9-11-8-5(12-13-18-8)4-17-6-2-1-3-10-7(6)14(15)16/h1-3,11H,4,9H2. The van der Waals surface area contributed by atoms with Gasteiger partial charge in [-0.1, -0.05) is 4.49 Å². The van der Waals surface area contributed by atoms with E-state index in [0.717, 1.165) is 11.5 Å². The third-order valence-corrected chi connectivity index (χ3v) is 2.67. The van der Waals surface area contributed by atoms with Crippen LogP contribution in [0.3, 0.4) is 0 Å². The summed E-state index contributed by atoms with van der Waals surface area (Å²) >= 11 is 1.07. The first kappa shape index (κ1) is 12.1. The van der Waals surface area contributed by atoms with Crippen molar-refractivity contribution >= 4 is 22.4 Å². The van der Waals surface area contributed by atoms with Gasteiger partial charge in [-0.2, -0.15) is 0 Å². The molecule has 0 bridgehead atoms. The van der Waals surface area contributed by atoms with Gasteiger partial charge in [0.05, 0.1) is 0 Å². The van der Waals surface area contributed by atoms with E-state index in [1.807, 2.05) is 0 Å². The summed E-state index contributed by atoms with van der Waals surface area (Å²) in [6.45, 7) is 0.0164. The summed E-state index contributed by atoms with van der Waals surface area (Å²) < 4.78 is 8.97. The monoisotopic (exact) mass is 268 g/mol. The Morgan fingerprint density at radius 1 is 1.61 bits per heavy atom. The Balaban J connectivity index is 2.13. The zero-order valence-corrected chi connectivity index (χ0v) is 9.75. The molecule has 3 N–H and O–H groups in total. The second-order valence-electron chi connectivity index (χ2n) is 3.06. The van der Waals surface area contributed by atoms with Crippen LogP contribution in [0.25, 0.3) is 0 Å². The quantitative estimate of drug-likeness (QED) is 0.460. The predicted octanol–water partition coefficient (Wildman–Crippen LogP) is 0.706. The van der Waals surface area contributed by atoms with Crippen molar-refractivity contribution in [3.05, 3.63) is 34.1 Å². The topological polar surface area (TPSA) is 129 Å². The van der Waals surface area contributed by atoms with Crippen LogP contribution >= 0.6 is 11.5 Å². The number of pyridine rings is 1. The van der Waals surface area contributed by atoms with Crippen LogP contribution in [0.15, 0.2) is 18.3 Å². The number of nitrogens with one attached hydrogen (secondary N) is 1. The van der Waals surface area contributed by atoms with Crippen molar-refractivity contribution < 1.29 is 9.66 Å². The second kappa shape index (κ2) is 5.33. The first-order valence-electron chi connectivity index (χ1n) is 4.72. The lowest BCUT2D eigenvalue weighted by atomic mass is 10.4. The average Bonchev–Trinajstić information content (AvgIpc) is 2.84. The molecule has 2 aromatic rings. The third kappa shape index (κ3) is 2.49. The number of nitrogens with two attached hydrogens (primary N) is 1. The maximum atomic E-state index is 10.7. The molecule has 0 atom stereocenters. The number of hydrogen-bond acceptors (Lipinski definition) is 9. The SMILES string of the molecule is NNc1snnc1COc1cccnc1[N+](=O)[O-]. The Morgan fingerprint density at radius 3 is 3.17 bits per heavy atom. The Kier molecular flexibility index (Phi) is 3.60. The van der Waals surface area contributed by atoms with E-state index in [9.17, 15) is 10.1 Å². The lowest BCUT2D eigenvalue weighted by Crippen LogP contribution is -2.09. The van der Waals surface area contributed by atoms with Gasteiger partial charge in [0, 0.05) is 11.5 Å². The number of nitro groups is 1. The number of rotatable bonds is 5. The first-order valence-corrected chi connectivity index (χ1v) is 5.49. The van der Waals surface area contributed by atoms with Crippen molar-refractivity contribution in [3.63, 3.8) is 0 Å². The molecular formula is C8H8N6O3S. The minimum absolute atomic E-state index is 0.0164. The van der Waals surface area contributed by atoms with E-state index in [4.69, 9.17) is 10.6 Å². The molecular weight excluding hydrogens is 260 g/mol. The fourth-order valence-corrected chi connectivity index (χ4v) is 1.67. The number of nitrogen functional groups attached to an aromatic ring is 1. The highest BCUT2D eigenvalue weighted by atomic mass is 32.1. The largest absolute Gasteiger partial charge is 0.479 e. The molecule has 10 heteroatoms. The van der Waals surface area contributed by atoms with E-state index >= 15 is 0 Å². The fraction of sp³-hybridized carbons (Fsp3) is 0.125. The van der Waals surface area contributed by atoms with Crippen molar-refractivity contribution in [2.45, 2.75) is 6.61 Å². The third-order valence-electron chi connectivity index (χ3n) is 1.98. The van der Waals surface area contributed by atoms with E-state index in [2.05, 4.69) is 20.0 Å². The maximum Gasteiger partial charge on any atom is 0.406 e. The van der Waals surface area contributed by atoms with Gasteiger partial charge in [0.2, 0.25) is 5.75 Å². The molecule has 2 aromatic heterocycles. The molecule has 0 unspecified atom stereocenters. The summed E-state index contributed by atoms with van der Waals surface area (Å²) in [5.74, 6) is 4.97. The van der Waals surface area contributed by atoms with Gasteiger partial charge in [0.25, 0.3) is 0 Å². The zero-order valence-electron chi connectivity index (χ0n) is 8.94. The highest BCUT2D eigenvalue weighted by Gasteiger charge is 2.16. The highest BCUT2D eigenvalue weighted by Crippen LogP contribution is 2.25. The number of ether oxygens (including phenoxy) is 1. The number of aromatic nitrogens is 3. The Hall–Kier alpha value is -2.33. The molecule has 0 aliphatic rings. The molecule has 0 amide bonds. The molecule has 0 radical (unpaired) electrons. The van der Waals surface area contributed by atoms with Crippen molar-refractivity contribution in [2.75, 3.05) is 5.43 Å². The molecule has 18 heavy (non-hydrogen) atoms. The minimum atomic E-state index is -0.614. The van der Waals surface area contributed by atoms with Gasteiger partial charge < -0.3 is 20.3 Å². The van der Waals surface area contributed by atoms with Crippen LogP contribution in [0.1, 0.15) is 5.69 Å². The molecule has 0 spiro atoms. The fourth-order valence-electron chi connectivity index (χ4n) is 1.19. The molecule has 0 saturated carbocycles. The van der Waals surface area contributed by atoms with Gasteiger partial charge in [0.1, 0.15) is 18.5 Å². The molecule has 0 saturated heterocycles. The van der Waals surface area contributed by atoms with E-state index in [0.29, 0.717) is 10.7 Å². The number of hydrazine groups is 1. The van der Waals surface area contributed by atoms with Crippen molar-refractivity contribution in [2.24, 2.45) is 5.84 Å². The summed E-state index contributed by atoms with van der Waals surface area (Å²) in [6.07, 6.45) is 1.32. The molecule has 0 aromatic carbocycles. The summed E-state index contributed by atoms with van der Waals surface area (Å²) in [4.78, 5) is 13.7. The van der Waals surface area contributed by atoms with E-state index in [1.54, 1.807) is 6.07 Å². The molecule has 0 fully saturated rings. The Bertz CT molecular complexity index is 559. The number of hydrogen-bond donors (Lipinski definition) is 2. The van der Waals surface area contributed by atoms with Gasteiger partial charge in [-0.15, -0.1) is 5.10 Å². The Morgan fingerprint density at radius 2 is 2.44 bits per heavy atom. The highest BCUT2D eigenvalue weighted by molar-refractivity contribution is 7.10. The summed E-state index contributed by atoms with van der Waals surface area (Å²) in [7, 11) is 0. The molecule has 0 aliphatic heterocycles. The molecule has 9 nitrogen and oxygen atoms in total. The molecule has 94 valence electrons. The van der Waals surface area contributed by atoms with E-state index in [1.165, 1.54) is 12.3 Å². The van der Waals surface area contributed by atoms with E-state index < -0.39 is 4.92 Å². The zero-order chi connectivity index (χ0) is 13.0. The van der Waals surface area contributed by atoms with Crippen molar-refractivity contribution in [1.29, 1.82) is 0 Å². The molecule has 2 rings (SSSR count). The van der Waals surface area contributed by atoms with Gasteiger partial charge in [0.15, 0.2) is 5.00 Å². The predicted molar refractivity (Wildman–Crippen MR) is 62.9 cm³/mol. The summed E-state index contributed by atoms with van der Waals surface area (Å²) in [6, 6.07) is 3.00. The second-order valence-corrected chi connectivity index (χ2v) is 3.82. The smallest absolute Gasteiger partial charge is 0.406 e. The van der Waals surface area contributed by atoms with Crippen LogP contribution in [0, 0.1) is 10.1 Å². The lowest BCUT2D eigenvalue weighted by molar-refractivity contribution is -0.390. The van der Waals surface area contributed by atoms with Crippen molar-refractivity contribution in [3.8, 4) is 5.75 Å². The van der Waals surface area contributed by atoms with Crippen LogP contribution in [-0.4, -0.2) is 19.5 Å². The van der Waals surface area contributed by atoms with Gasteiger partial charge in [-0.05, 0) is 22.0 Å². The van der Waals surface area contributed by atoms with Crippen molar-refractivity contribution in [1.82, 2.24) is 14.6 Å². The van der Waals surface area contributed by atoms with Gasteiger partial charge >= 0.3 is 5.82 Å². The summed E-state index contributed by atoms with van der Waals surface area (Å²) in [5.41, 5.74) is 2.89. The minimum Gasteiger partial charge on any atom is -0.479 e. The van der Waals surface area contributed by atoms with Crippen LogP contribution in [-0.2, 0) is 6.61 Å². The Labute approximate surface area is 105 Å². The number of nitrogens with zero attached hydrogens (tertiary/aromatic N) is 4. The summed E-state index contributed by atoms with van der Waals surface area (Å²) in [5, 5.41) is 15.0. The number of anilines is 1. The van der Waals surface area contributed by atoms with Crippen LogP contribution in [0.5, 0.6) is 5.75 Å². The van der Waals surface area contributed by atoms with Gasteiger partial charge in [-0.25, -0.2) is 5.84 Å². The van der Waals surface area contributed by atoms with Crippen LogP contribution in [0.4, 0.5) is 10.8 Å². The molecule has 2 heterocycles. The molecule has 0 aliphatic carbocycles. The average molecular weight is 268 g/mol. The lowest BCUT2D eigenvalue weighted by Gasteiger charge is -2.04. The normalized spacial score (nSPS) is 10.1. The van der Waals surface area contributed by atoms with Crippen LogP contribution < -0.4 is 16.0 Å². The van der Waals surface area contributed by atoms with Gasteiger partial charge in [-0.3, -0.25) is 0 Å². The maximum absolute atomic E-state index is 10.7. The first-order chi connectivity index (χ1) is 8.72.